The minimum atomic E-state index is 0.655. The second-order valence-corrected chi connectivity index (χ2v) is 6.21. The Hall–Kier alpha value is -0.120. The minimum absolute atomic E-state index is 0.655. The molecule has 1 saturated carbocycles. The fourth-order valence-corrected chi connectivity index (χ4v) is 3.15. The highest BCUT2D eigenvalue weighted by molar-refractivity contribution is 7.15. The third kappa shape index (κ3) is 2.71. The van der Waals surface area contributed by atoms with Crippen molar-refractivity contribution >= 4 is 22.9 Å². The van der Waals surface area contributed by atoms with Gasteiger partial charge in [0.2, 0.25) is 0 Å². The summed E-state index contributed by atoms with van der Waals surface area (Å²) in [7, 11) is 0. The van der Waals surface area contributed by atoms with Crippen molar-refractivity contribution in [1.82, 2.24) is 10.3 Å². The number of halogens is 1. The quantitative estimate of drug-likeness (QED) is 0.883. The summed E-state index contributed by atoms with van der Waals surface area (Å²) in [4.78, 5) is 4.24. The van der Waals surface area contributed by atoms with Crippen molar-refractivity contribution in [3.05, 3.63) is 15.5 Å². The van der Waals surface area contributed by atoms with E-state index in [2.05, 4.69) is 24.1 Å². The SMILES string of the molecule is CC1CCC(NCc2ncc(Cl)s2)C1C. The smallest absolute Gasteiger partial charge is 0.113 e. The van der Waals surface area contributed by atoms with Crippen molar-refractivity contribution in [3.63, 3.8) is 0 Å². The van der Waals surface area contributed by atoms with Crippen molar-refractivity contribution in [2.24, 2.45) is 11.8 Å². The summed E-state index contributed by atoms with van der Waals surface area (Å²) in [5.41, 5.74) is 0. The van der Waals surface area contributed by atoms with Gasteiger partial charge in [-0.1, -0.05) is 25.4 Å². The lowest BCUT2D eigenvalue weighted by molar-refractivity contribution is 0.369. The molecule has 0 bridgehead atoms. The van der Waals surface area contributed by atoms with E-state index in [-0.39, 0.29) is 0 Å². The van der Waals surface area contributed by atoms with Gasteiger partial charge >= 0.3 is 0 Å². The molecule has 84 valence electrons. The van der Waals surface area contributed by atoms with Crippen LogP contribution in [0.2, 0.25) is 4.34 Å². The molecule has 1 aromatic heterocycles. The fraction of sp³-hybridized carbons (Fsp3) is 0.727. The van der Waals surface area contributed by atoms with Gasteiger partial charge in [0.25, 0.3) is 0 Å². The van der Waals surface area contributed by atoms with Crippen molar-refractivity contribution < 1.29 is 0 Å². The van der Waals surface area contributed by atoms with Gasteiger partial charge < -0.3 is 5.32 Å². The van der Waals surface area contributed by atoms with E-state index >= 15 is 0 Å². The molecular weight excluding hydrogens is 228 g/mol. The van der Waals surface area contributed by atoms with E-state index in [1.807, 2.05) is 0 Å². The molecule has 0 radical (unpaired) electrons. The highest BCUT2D eigenvalue weighted by atomic mass is 35.5. The normalized spacial score (nSPS) is 31.0. The van der Waals surface area contributed by atoms with Crippen LogP contribution in [0.5, 0.6) is 0 Å². The summed E-state index contributed by atoms with van der Waals surface area (Å²) in [6, 6.07) is 0.655. The van der Waals surface area contributed by atoms with Gasteiger partial charge in [-0.05, 0) is 24.7 Å². The number of thiazole rings is 1. The van der Waals surface area contributed by atoms with Gasteiger partial charge in [-0.2, -0.15) is 0 Å². The Balaban J connectivity index is 1.83. The van der Waals surface area contributed by atoms with Crippen LogP contribution in [0, 0.1) is 11.8 Å². The van der Waals surface area contributed by atoms with E-state index in [0.717, 1.165) is 27.7 Å². The summed E-state index contributed by atoms with van der Waals surface area (Å²) in [5, 5.41) is 4.67. The van der Waals surface area contributed by atoms with E-state index in [4.69, 9.17) is 11.6 Å². The lowest BCUT2D eigenvalue weighted by Gasteiger charge is -2.18. The summed E-state index contributed by atoms with van der Waals surface area (Å²) >= 11 is 7.40. The summed E-state index contributed by atoms with van der Waals surface area (Å²) in [6.07, 6.45) is 4.36. The van der Waals surface area contributed by atoms with Gasteiger partial charge in [0, 0.05) is 12.6 Å². The van der Waals surface area contributed by atoms with E-state index in [0.29, 0.717) is 6.04 Å². The number of nitrogens with one attached hydrogen (secondary N) is 1. The van der Waals surface area contributed by atoms with Crippen molar-refractivity contribution in [1.29, 1.82) is 0 Å². The molecule has 4 heteroatoms. The Kier molecular flexibility index (Phi) is 3.65. The topological polar surface area (TPSA) is 24.9 Å². The predicted molar refractivity (Wildman–Crippen MR) is 65.3 cm³/mol. The van der Waals surface area contributed by atoms with Gasteiger partial charge in [-0.15, -0.1) is 11.3 Å². The molecule has 3 unspecified atom stereocenters. The van der Waals surface area contributed by atoms with Crippen LogP contribution in [0.15, 0.2) is 6.20 Å². The standard InChI is InChI=1S/C11H17ClN2S/c1-7-3-4-9(8(7)2)13-6-11-14-5-10(12)15-11/h5,7-9,13H,3-4,6H2,1-2H3. The molecule has 1 heterocycles. The maximum atomic E-state index is 5.84. The van der Waals surface area contributed by atoms with Crippen LogP contribution >= 0.6 is 22.9 Å². The Labute approximate surface area is 100 Å². The molecule has 0 saturated heterocycles. The zero-order valence-corrected chi connectivity index (χ0v) is 10.7. The second-order valence-electron chi connectivity index (χ2n) is 4.46. The third-order valence-electron chi connectivity index (χ3n) is 3.51. The number of rotatable bonds is 3. The Morgan fingerprint density at radius 3 is 2.87 bits per heavy atom. The first-order valence-corrected chi connectivity index (χ1v) is 6.70. The Bertz CT molecular complexity index is 326. The largest absolute Gasteiger partial charge is 0.307 e. The maximum absolute atomic E-state index is 5.84. The molecule has 1 aromatic rings. The molecule has 15 heavy (non-hydrogen) atoms. The fourth-order valence-electron chi connectivity index (χ4n) is 2.24. The number of hydrogen-bond donors (Lipinski definition) is 1. The second kappa shape index (κ2) is 4.81. The van der Waals surface area contributed by atoms with Crippen molar-refractivity contribution in [2.45, 2.75) is 39.3 Å². The van der Waals surface area contributed by atoms with Crippen LogP contribution in [-0.2, 0) is 6.54 Å². The first-order chi connectivity index (χ1) is 7.16. The zero-order valence-electron chi connectivity index (χ0n) is 9.16. The first-order valence-electron chi connectivity index (χ1n) is 5.50. The molecule has 1 N–H and O–H groups in total. The summed E-state index contributed by atoms with van der Waals surface area (Å²) in [6.45, 7) is 5.54. The van der Waals surface area contributed by atoms with E-state index < -0.39 is 0 Å². The average molecular weight is 245 g/mol. The third-order valence-corrected chi connectivity index (χ3v) is 4.62. The van der Waals surface area contributed by atoms with Crippen molar-refractivity contribution in [3.8, 4) is 0 Å². The van der Waals surface area contributed by atoms with E-state index in [9.17, 15) is 0 Å². The molecule has 0 aromatic carbocycles. The van der Waals surface area contributed by atoms with Gasteiger partial charge in [-0.3, -0.25) is 0 Å². The van der Waals surface area contributed by atoms with Crippen LogP contribution in [0.4, 0.5) is 0 Å². The van der Waals surface area contributed by atoms with Gasteiger partial charge in [-0.25, -0.2) is 4.98 Å². The summed E-state index contributed by atoms with van der Waals surface area (Å²) in [5.74, 6) is 1.63. The Morgan fingerprint density at radius 1 is 1.53 bits per heavy atom. The molecule has 2 nitrogen and oxygen atoms in total. The molecular formula is C11H17ClN2S. The van der Waals surface area contributed by atoms with Crippen LogP contribution in [0.1, 0.15) is 31.7 Å². The van der Waals surface area contributed by atoms with Gasteiger partial charge in [0.05, 0.1) is 6.20 Å². The number of aromatic nitrogens is 1. The average Bonchev–Trinajstić information content (AvgIpc) is 2.74. The number of nitrogens with zero attached hydrogens (tertiary/aromatic N) is 1. The Morgan fingerprint density at radius 2 is 2.33 bits per heavy atom. The van der Waals surface area contributed by atoms with Gasteiger partial charge in [0.15, 0.2) is 0 Å². The molecule has 0 amide bonds. The lowest BCUT2D eigenvalue weighted by atomic mass is 9.98. The van der Waals surface area contributed by atoms with Crippen molar-refractivity contribution in [2.75, 3.05) is 0 Å². The summed E-state index contributed by atoms with van der Waals surface area (Å²) < 4.78 is 0.777. The minimum Gasteiger partial charge on any atom is -0.307 e. The predicted octanol–water partition coefficient (Wildman–Crippen LogP) is 3.32. The van der Waals surface area contributed by atoms with E-state index in [1.165, 1.54) is 12.8 Å². The van der Waals surface area contributed by atoms with E-state index in [1.54, 1.807) is 17.5 Å². The molecule has 1 fully saturated rings. The molecule has 0 spiro atoms. The monoisotopic (exact) mass is 244 g/mol. The first kappa shape index (κ1) is 11.4. The van der Waals surface area contributed by atoms with Crippen LogP contribution in [0.3, 0.4) is 0 Å². The van der Waals surface area contributed by atoms with Gasteiger partial charge in [0.1, 0.15) is 9.34 Å². The highest BCUT2D eigenvalue weighted by Crippen LogP contribution is 2.31. The molecule has 2 rings (SSSR count). The maximum Gasteiger partial charge on any atom is 0.113 e. The number of hydrogen-bond acceptors (Lipinski definition) is 3. The molecule has 3 atom stereocenters. The molecule has 0 aliphatic heterocycles. The van der Waals surface area contributed by atoms with Crippen LogP contribution < -0.4 is 5.32 Å². The van der Waals surface area contributed by atoms with Crippen LogP contribution in [0.25, 0.3) is 0 Å². The highest BCUT2D eigenvalue weighted by Gasteiger charge is 2.29. The zero-order chi connectivity index (χ0) is 10.8. The molecule has 1 aliphatic carbocycles. The lowest BCUT2D eigenvalue weighted by Crippen LogP contribution is -2.31. The van der Waals surface area contributed by atoms with Crippen LogP contribution in [-0.4, -0.2) is 11.0 Å². The molecule has 1 aliphatic rings.